The first kappa shape index (κ1) is 16.7. The molecule has 4 nitrogen and oxygen atoms in total. The van der Waals surface area contributed by atoms with E-state index in [1.165, 1.54) is 0 Å². The molecule has 0 aliphatic carbocycles. The van der Waals surface area contributed by atoms with Crippen LogP contribution in [0.2, 0.25) is 5.02 Å². The smallest absolute Gasteiger partial charge is 0.189 e. The van der Waals surface area contributed by atoms with Crippen molar-refractivity contribution in [3.8, 4) is 5.75 Å². The highest BCUT2D eigenvalue weighted by Gasteiger charge is 2.21. The van der Waals surface area contributed by atoms with Gasteiger partial charge in [0.25, 0.3) is 0 Å². The zero-order valence-electron chi connectivity index (χ0n) is 13.5. The van der Waals surface area contributed by atoms with Crippen LogP contribution in [0.15, 0.2) is 53.5 Å². The number of fused-ring (bicyclic) bond motifs is 1. The minimum absolute atomic E-state index is 0.155. The third-order valence-electron chi connectivity index (χ3n) is 4.12. The highest BCUT2D eigenvalue weighted by molar-refractivity contribution is 6.31. The van der Waals surface area contributed by atoms with Gasteiger partial charge in [0, 0.05) is 23.6 Å². The van der Waals surface area contributed by atoms with Crippen LogP contribution in [0.25, 0.3) is 0 Å². The number of hydrogen-bond donors (Lipinski definition) is 2. The van der Waals surface area contributed by atoms with Gasteiger partial charge in [0.2, 0.25) is 0 Å². The van der Waals surface area contributed by atoms with Crippen molar-refractivity contribution in [1.29, 1.82) is 0 Å². The Morgan fingerprint density at radius 3 is 2.88 bits per heavy atom. The number of nitrogens with one attached hydrogen (secondary N) is 1. The van der Waals surface area contributed by atoms with Gasteiger partial charge in [0.15, 0.2) is 5.96 Å². The highest BCUT2D eigenvalue weighted by Crippen LogP contribution is 2.31. The molecule has 0 spiro atoms. The minimum atomic E-state index is 0.155. The molecule has 2 aromatic carbocycles. The Balaban J connectivity index is 1.51. The van der Waals surface area contributed by atoms with Crippen LogP contribution in [0.5, 0.6) is 5.75 Å². The summed E-state index contributed by atoms with van der Waals surface area (Å²) in [6, 6.07) is 16.1. The van der Waals surface area contributed by atoms with Gasteiger partial charge >= 0.3 is 0 Å². The van der Waals surface area contributed by atoms with Gasteiger partial charge in [-0.1, -0.05) is 48.0 Å². The molecule has 0 aromatic heterocycles. The first-order valence-electron chi connectivity index (χ1n) is 8.25. The predicted molar refractivity (Wildman–Crippen MR) is 98.7 cm³/mol. The maximum atomic E-state index is 6.16. The molecule has 2 aromatic rings. The van der Waals surface area contributed by atoms with Gasteiger partial charge in [0.1, 0.15) is 5.75 Å². The predicted octanol–water partition coefficient (Wildman–Crippen LogP) is 3.70. The molecule has 0 saturated heterocycles. The monoisotopic (exact) mass is 343 g/mol. The van der Waals surface area contributed by atoms with Crippen LogP contribution < -0.4 is 15.8 Å². The van der Waals surface area contributed by atoms with Crippen LogP contribution in [0.4, 0.5) is 0 Å². The van der Waals surface area contributed by atoms with Gasteiger partial charge in [0.05, 0.1) is 12.6 Å². The number of aryl methyl sites for hydroxylation is 1. The third kappa shape index (κ3) is 4.20. The molecule has 24 heavy (non-hydrogen) atoms. The Labute approximate surface area is 147 Å². The molecule has 3 N–H and O–H groups in total. The van der Waals surface area contributed by atoms with E-state index in [1.807, 2.05) is 42.5 Å². The standard InChI is InChI=1S/C19H22ClN3O/c20-16-9-3-1-6-14(16)7-5-12-22-19(21)23-17-11-13-24-18-10-4-2-8-15(17)18/h1-4,6,8-10,17H,5,7,11-13H2,(H3,21,22,23). The fourth-order valence-electron chi connectivity index (χ4n) is 2.89. The van der Waals surface area contributed by atoms with Gasteiger partial charge in [-0.15, -0.1) is 0 Å². The molecule has 1 unspecified atom stereocenters. The highest BCUT2D eigenvalue weighted by atomic mass is 35.5. The van der Waals surface area contributed by atoms with Crippen LogP contribution in [0, 0.1) is 0 Å². The molecule has 0 radical (unpaired) electrons. The lowest BCUT2D eigenvalue weighted by Crippen LogP contribution is -2.37. The molecular weight excluding hydrogens is 322 g/mol. The Bertz CT molecular complexity index is 717. The van der Waals surface area contributed by atoms with Gasteiger partial charge in [-0.2, -0.15) is 0 Å². The van der Waals surface area contributed by atoms with E-state index >= 15 is 0 Å². The molecule has 1 aliphatic rings. The zero-order chi connectivity index (χ0) is 16.8. The van der Waals surface area contributed by atoms with E-state index in [1.54, 1.807) is 0 Å². The number of nitrogens with zero attached hydrogens (tertiary/aromatic N) is 1. The van der Waals surface area contributed by atoms with Crippen LogP contribution in [-0.4, -0.2) is 19.1 Å². The lowest BCUT2D eigenvalue weighted by atomic mass is 10.0. The van der Waals surface area contributed by atoms with E-state index in [2.05, 4.69) is 16.4 Å². The van der Waals surface area contributed by atoms with E-state index in [0.29, 0.717) is 19.1 Å². The number of halogens is 1. The lowest BCUT2D eigenvalue weighted by Gasteiger charge is -2.26. The van der Waals surface area contributed by atoms with Crippen LogP contribution in [0.1, 0.15) is 30.0 Å². The van der Waals surface area contributed by atoms with Crippen molar-refractivity contribution in [2.24, 2.45) is 10.7 Å². The van der Waals surface area contributed by atoms with Crippen molar-refractivity contribution in [3.05, 3.63) is 64.7 Å². The largest absolute Gasteiger partial charge is 0.493 e. The Morgan fingerprint density at radius 2 is 2.00 bits per heavy atom. The van der Waals surface area contributed by atoms with Crippen molar-refractivity contribution in [2.75, 3.05) is 13.2 Å². The molecule has 3 rings (SSSR count). The van der Waals surface area contributed by atoms with Gasteiger partial charge < -0.3 is 15.8 Å². The summed E-state index contributed by atoms with van der Waals surface area (Å²) in [5, 5.41) is 4.12. The summed E-state index contributed by atoms with van der Waals surface area (Å²) in [5.41, 5.74) is 8.33. The summed E-state index contributed by atoms with van der Waals surface area (Å²) in [7, 11) is 0. The second-order valence-electron chi connectivity index (χ2n) is 5.83. The first-order chi connectivity index (χ1) is 11.7. The maximum Gasteiger partial charge on any atom is 0.189 e. The molecule has 0 bridgehead atoms. The summed E-state index contributed by atoms with van der Waals surface area (Å²) in [5.74, 6) is 1.41. The van der Waals surface area contributed by atoms with Crippen LogP contribution in [0.3, 0.4) is 0 Å². The number of para-hydroxylation sites is 1. The van der Waals surface area contributed by atoms with Crippen molar-refractivity contribution >= 4 is 17.6 Å². The van der Waals surface area contributed by atoms with Gasteiger partial charge in [-0.3, -0.25) is 4.99 Å². The van der Waals surface area contributed by atoms with Crippen molar-refractivity contribution in [1.82, 2.24) is 5.32 Å². The topological polar surface area (TPSA) is 59.6 Å². The van der Waals surface area contributed by atoms with E-state index in [0.717, 1.165) is 41.2 Å². The third-order valence-corrected chi connectivity index (χ3v) is 4.49. The summed E-state index contributed by atoms with van der Waals surface area (Å²) < 4.78 is 5.66. The molecule has 0 saturated carbocycles. The Hall–Kier alpha value is -2.20. The Morgan fingerprint density at radius 1 is 1.21 bits per heavy atom. The fourth-order valence-corrected chi connectivity index (χ4v) is 3.12. The molecule has 1 heterocycles. The zero-order valence-corrected chi connectivity index (χ0v) is 14.3. The fraction of sp³-hybridized carbons (Fsp3) is 0.316. The molecule has 0 fully saturated rings. The molecule has 1 atom stereocenters. The normalized spacial score (nSPS) is 17.0. The number of ether oxygens (including phenoxy) is 1. The SMILES string of the molecule is NC(=NCCCc1ccccc1Cl)NC1CCOc2ccccc21. The molecule has 5 heteroatoms. The Kier molecular flexibility index (Phi) is 5.59. The first-order valence-corrected chi connectivity index (χ1v) is 8.63. The second kappa shape index (κ2) is 8.06. The number of aliphatic imine (C=N–C) groups is 1. The molecule has 1 aliphatic heterocycles. The summed E-state index contributed by atoms with van der Waals surface area (Å²) in [6.07, 6.45) is 2.69. The second-order valence-corrected chi connectivity index (χ2v) is 6.24. The van der Waals surface area contributed by atoms with Crippen molar-refractivity contribution in [3.63, 3.8) is 0 Å². The lowest BCUT2D eigenvalue weighted by molar-refractivity contribution is 0.262. The minimum Gasteiger partial charge on any atom is -0.493 e. The number of benzene rings is 2. The van der Waals surface area contributed by atoms with Crippen LogP contribution >= 0.6 is 11.6 Å². The van der Waals surface area contributed by atoms with E-state index in [4.69, 9.17) is 22.1 Å². The molecule has 126 valence electrons. The summed E-state index contributed by atoms with van der Waals surface area (Å²) >= 11 is 6.16. The average molecular weight is 344 g/mol. The average Bonchev–Trinajstić information content (AvgIpc) is 2.60. The van der Waals surface area contributed by atoms with Crippen molar-refractivity contribution < 1.29 is 4.74 Å². The number of hydrogen-bond acceptors (Lipinski definition) is 2. The van der Waals surface area contributed by atoms with Gasteiger partial charge in [-0.05, 0) is 30.5 Å². The molecule has 0 amide bonds. The quantitative estimate of drug-likeness (QED) is 0.494. The van der Waals surface area contributed by atoms with Crippen molar-refractivity contribution in [2.45, 2.75) is 25.3 Å². The van der Waals surface area contributed by atoms with Crippen LogP contribution in [-0.2, 0) is 6.42 Å². The molecular formula is C19H22ClN3O. The van der Waals surface area contributed by atoms with E-state index in [9.17, 15) is 0 Å². The maximum absolute atomic E-state index is 6.16. The summed E-state index contributed by atoms with van der Waals surface area (Å²) in [6.45, 7) is 1.36. The summed E-state index contributed by atoms with van der Waals surface area (Å²) in [4.78, 5) is 4.44. The number of rotatable bonds is 5. The number of nitrogens with two attached hydrogens (primary N) is 1. The van der Waals surface area contributed by atoms with E-state index < -0.39 is 0 Å². The van der Waals surface area contributed by atoms with Gasteiger partial charge in [-0.25, -0.2) is 0 Å². The van der Waals surface area contributed by atoms with E-state index in [-0.39, 0.29) is 6.04 Å². The number of guanidine groups is 1.